The molecule has 0 heterocycles. The van der Waals surface area contributed by atoms with E-state index in [-0.39, 0.29) is 12.5 Å². The molecule has 5 nitrogen and oxygen atoms in total. The lowest BCUT2D eigenvalue weighted by atomic mass is 10.1. The summed E-state index contributed by atoms with van der Waals surface area (Å²) in [5.41, 5.74) is 6.29. The Balaban J connectivity index is 1.69. The number of hydrogen-bond acceptors (Lipinski definition) is 3. The fourth-order valence-electron chi connectivity index (χ4n) is 2.00. The van der Waals surface area contributed by atoms with E-state index in [9.17, 15) is 9.59 Å². The first kappa shape index (κ1) is 14.5. The molecule has 1 fully saturated rings. The number of nitrogens with two attached hydrogens (primary N) is 1. The van der Waals surface area contributed by atoms with Gasteiger partial charge >= 0.3 is 0 Å². The number of nitrogens with one attached hydrogen (secondary N) is 1. The van der Waals surface area contributed by atoms with Crippen molar-refractivity contribution in [3.8, 4) is 0 Å². The summed E-state index contributed by atoms with van der Waals surface area (Å²) in [4.78, 5) is 23.0. The molecule has 3 N–H and O–H groups in total. The fraction of sp³-hybridized carbons (Fsp3) is 0.467. The maximum absolute atomic E-state index is 11.7. The van der Waals surface area contributed by atoms with E-state index in [1.165, 1.54) is 0 Å². The van der Waals surface area contributed by atoms with Crippen molar-refractivity contribution in [1.82, 2.24) is 5.32 Å². The number of rotatable bonds is 8. The molecule has 1 atom stereocenters. The lowest BCUT2D eigenvalue weighted by Gasteiger charge is -2.15. The van der Waals surface area contributed by atoms with Crippen molar-refractivity contribution in [3.05, 3.63) is 35.9 Å². The second kappa shape index (κ2) is 7.05. The molecule has 0 unspecified atom stereocenters. The average Bonchev–Trinajstić information content (AvgIpc) is 3.23. The predicted octanol–water partition coefficient (Wildman–Crippen LogP) is 0.973. The van der Waals surface area contributed by atoms with Crippen LogP contribution in [0.25, 0.3) is 0 Å². The zero-order chi connectivity index (χ0) is 14.4. The van der Waals surface area contributed by atoms with E-state index < -0.39 is 11.9 Å². The summed E-state index contributed by atoms with van der Waals surface area (Å²) >= 11 is 0. The molecule has 0 saturated heterocycles. The van der Waals surface area contributed by atoms with Crippen molar-refractivity contribution in [2.45, 2.75) is 31.9 Å². The Labute approximate surface area is 118 Å². The third-order valence-corrected chi connectivity index (χ3v) is 3.29. The molecule has 0 spiro atoms. The minimum Gasteiger partial charge on any atom is -0.368 e. The number of hydrogen-bond donors (Lipinski definition) is 2. The van der Waals surface area contributed by atoms with Gasteiger partial charge in [-0.05, 0) is 17.9 Å². The first-order chi connectivity index (χ1) is 9.65. The molecule has 0 radical (unpaired) electrons. The van der Waals surface area contributed by atoms with Crippen LogP contribution in [-0.2, 0) is 20.9 Å². The largest absolute Gasteiger partial charge is 0.368 e. The number of carbonyl (C=O) groups excluding carboxylic acids is 2. The monoisotopic (exact) mass is 276 g/mol. The van der Waals surface area contributed by atoms with E-state index in [1.54, 1.807) is 0 Å². The summed E-state index contributed by atoms with van der Waals surface area (Å²) in [5, 5.41) is 2.64. The molecule has 0 aromatic heterocycles. The molecule has 2 amide bonds. The third-order valence-electron chi connectivity index (χ3n) is 3.29. The molecular weight excluding hydrogens is 256 g/mol. The molecule has 5 heteroatoms. The van der Waals surface area contributed by atoms with Crippen molar-refractivity contribution in [2.24, 2.45) is 11.7 Å². The Morgan fingerprint density at radius 1 is 1.30 bits per heavy atom. The van der Waals surface area contributed by atoms with Gasteiger partial charge in [-0.25, -0.2) is 0 Å². The van der Waals surface area contributed by atoms with Crippen LogP contribution in [0.4, 0.5) is 0 Å². The van der Waals surface area contributed by atoms with E-state index in [0.29, 0.717) is 18.9 Å². The molecule has 2 rings (SSSR count). The van der Waals surface area contributed by atoms with Crippen molar-refractivity contribution in [1.29, 1.82) is 0 Å². The number of amides is 2. The van der Waals surface area contributed by atoms with Gasteiger partial charge in [-0.1, -0.05) is 43.2 Å². The summed E-state index contributed by atoms with van der Waals surface area (Å²) in [6.07, 6.45) is 2.87. The highest BCUT2D eigenvalue weighted by Crippen LogP contribution is 2.33. The van der Waals surface area contributed by atoms with Crippen LogP contribution < -0.4 is 11.1 Å². The first-order valence-electron chi connectivity index (χ1n) is 6.85. The van der Waals surface area contributed by atoms with Gasteiger partial charge in [0.15, 0.2) is 0 Å². The van der Waals surface area contributed by atoms with Crippen LogP contribution in [0.15, 0.2) is 30.3 Å². The van der Waals surface area contributed by atoms with E-state index in [0.717, 1.165) is 18.4 Å². The first-order valence-corrected chi connectivity index (χ1v) is 6.85. The van der Waals surface area contributed by atoms with Crippen molar-refractivity contribution in [3.63, 3.8) is 0 Å². The van der Waals surface area contributed by atoms with E-state index >= 15 is 0 Å². The van der Waals surface area contributed by atoms with Gasteiger partial charge < -0.3 is 15.8 Å². The lowest BCUT2D eigenvalue weighted by molar-refractivity contribution is -0.130. The summed E-state index contributed by atoms with van der Waals surface area (Å²) in [6.45, 7) is 0.307. The standard InChI is InChI=1S/C15H20N2O3/c16-15(19)13(8-11-6-7-11)17-14(18)10-20-9-12-4-2-1-3-5-12/h1-5,11,13H,6-10H2,(H2,16,19)(H,17,18)/t13-/m1/s1. The second-order valence-corrected chi connectivity index (χ2v) is 5.18. The van der Waals surface area contributed by atoms with Gasteiger partial charge in [0.05, 0.1) is 6.61 Å². The minimum atomic E-state index is -0.574. The average molecular weight is 276 g/mol. The van der Waals surface area contributed by atoms with Gasteiger partial charge in [-0.15, -0.1) is 0 Å². The van der Waals surface area contributed by atoms with Crippen molar-refractivity contribution < 1.29 is 14.3 Å². The lowest BCUT2D eigenvalue weighted by Crippen LogP contribution is -2.46. The van der Waals surface area contributed by atoms with Gasteiger partial charge in [0, 0.05) is 0 Å². The van der Waals surface area contributed by atoms with Crippen molar-refractivity contribution in [2.75, 3.05) is 6.61 Å². The van der Waals surface area contributed by atoms with Crippen LogP contribution in [0.2, 0.25) is 0 Å². The minimum absolute atomic E-state index is 0.0661. The molecule has 1 saturated carbocycles. The Morgan fingerprint density at radius 3 is 2.60 bits per heavy atom. The molecule has 1 aliphatic rings. The van der Waals surface area contributed by atoms with Crippen LogP contribution in [0.5, 0.6) is 0 Å². The van der Waals surface area contributed by atoms with Crippen LogP contribution >= 0.6 is 0 Å². The fourth-order valence-corrected chi connectivity index (χ4v) is 2.00. The van der Waals surface area contributed by atoms with Crippen LogP contribution in [0, 0.1) is 5.92 Å². The normalized spacial score (nSPS) is 15.6. The highest BCUT2D eigenvalue weighted by Gasteiger charge is 2.29. The molecular formula is C15H20N2O3. The number of carbonyl (C=O) groups is 2. The molecule has 108 valence electrons. The smallest absolute Gasteiger partial charge is 0.246 e. The quantitative estimate of drug-likeness (QED) is 0.742. The zero-order valence-corrected chi connectivity index (χ0v) is 11.4. The van der Waals surface area contributed by atoms with Crippen LogP contribution in [-0.4, -0.2) is 24.5 Å². The Kier molecular flexibility index (Phi) is 5.12. The summed E-state index contributed by atoms with van der Waals surface area (Å²) in [7, 11) is 0. The number of primary amides is 1. The Morgan fingerprint density at radius 2 is 2.00 bits per heavy atom. The summed E-state index contributed by atoms with van der Waals surface area (Å²) in [6, 6.07) is 9.03. The second-order valence-electron chi connectivity index (χ2n) is 5.18. The SMILES string of the molecule is NC(=O)[C@@H](CC1CC1)NC(=O)COCc1ccccc1. The molecule has 0 aliphatic heterocycles. The Bertz CT molecular complexity index is 457. The number of benzene rings is 1. The Hall–Kier alpha value is -1.88. The highest BCUT2D eigenvalue weighted by molar-refractivity contribution is 5.87. The molecule has 0 bridgehead atoms. The third kappa shape index (κ3) is 5.01. The highest BCUT2D eigenvalue weighted by atomic mass is 16.5. The van der Waals surface area contributed by atoms with Gasteiger partial charge in [-0.2, -0.15) is 0 Å². The maximum atomic E-state index is 11.7. The van der Waals surface area contributed by atoms with Gasteiger partial charge in [-0.3, -0.25) is 9.59 Å². The van der Waals surface area contributed by atoms with Crippen LogP contribution in [0.1, 0.15) is 24.8 Å². The molecule has 1 aromatic rings. The van der Waals surface area contributed by atoms with E-state index in [1.807, 2.05) is 30.3 Å². The number of ether oxygens (including phenoxy) is 1. The zero-order valence-electron chi connectivity index (χ0n) is 11.4. The molecule has 1 aliphatic carbocycles. The summed E-state index contributed by atoms with van der Waals surface area (Å²) < 4.78 is 5.32. The van der Waals surface area contributed by atoms with Gasteiger partial charge in [0.2, 0.25) is 11.8 Å². The topological polar surface area (TPSA) is 81.4 Å². The van der Waals surface area contributed by atoms with Gasteiger partial charge in [0.25, 0.3) is 0 Å². The molecule has 1 aromatic carbocycles. The summed E-state index contributed by atoms with van der Waals surface area (Å²) in [5.74, 6) is -0.253. The maximum Gasteiger partial charge on any atom is 0.246 e. The van der Waals surface area contributed by atoms with Crippen LogP contribution in [0.3, 0.4) is 0 Å². The van der Waals surface area contributed by atoms with E-state index in [4.69, 9.17) is 10.5 Å². The predicted molar refractivity (Wildman–Crippen MR) is 74.6 cm³/mol. The molecule has 20 heavy (non-hydrogen) atoms. The van der Waals surface area contributed by atoms with E-state index in [2.05, 4.69) is 5.32 Å². The van der Waals surface area contributed by atoms with Crippen molar-refractivity contribution >= 4 is 11.8 Å². The van der Waals surface area contributed by atoms with Gasteiger partial charge in [0.1, 0.15) is 12.6 Å².